The van der Waals surface area contributed by atoms with Crippen LogP contribution in [0.1, 0.15) is 43.7 Å². The number of ether oxygens (including phenoxy) is 1. The standard InChI is InChI=1S/C23H36N4O2S/c1-4-29-21-10-5-18(15-17(21)2)16-25-23(24-3)26-20-8-6-19(7-9-20)22(28)27-11-13-30-14-12-27/h5,10,15,19-20H,4,6-9,11-14,16H2,1-3H3,(H2,24,25,26). The molecule has 30 heavy (non-hydrogen) atoms. The molecule has 166 valence electrons. The second kappa shape index (κ2) is 11.5. The molecule has 0 atom stereocenters. The molecular formula is C23H36N4O2S. The number of nitrogens with one attached hydrogen (secondary N) is 2. The maximum Gasteiger partial charge on any atom is 0.225 e. The number of carbonyl (C=O) groups is 1. The van der Waals surface area contributed by atoms with E-state index >= 15 is 0 Å². The van der Waals surface area contributed by atoms with Gasteiger partial charge in [-0.2, -0.15) is 11.8 Å². The Morgan fingerprint density at radius 1 is 1.23 bits per heavy atom. The highest BCUT2D eigenvalue weighted by molar-refractivity contribution is 7.99. The summed E-state index contributed by atoms with van der Waals surface area (Å²) in [6, 6.07) is 6.65. The number of thioether (sulfide) groups is 1. The van der Waals surface area contributed by atoms with Crippen LogP contribution in [0.4, 0.5) is 0 Å². The molecule has 1 amide bonds. The van der Waals surface area contributed by atoms with Crippen LogP contribution in [0.5, 0.6) is 5.75 Å². The van der Waals surface area contributed by atoms with E-state index in [2.05, 4.69) is 39.6 Å². The number of hydrogen-bond donors (Lipinski definition) is 2. The van der Waals surface area contributed by atoms with Gasteiger partial charge in [-0.3, -0.25) is 9.79 Å². The third-order valence-corrected chi connectivity index (χ3v) is 6.91. The lowest BCUT2D eigenvalue weighted by molar-refractivity contribution is -0.136. The Kier molecular flexibility index (Phi) is 8.73. The molecule has 1 heterocycles. The van der Waals surface area contributed by atoms with Gasteiger partial charge < -0.3 is 20.3 Å². The zero-order chi connectivity index (χ0) is 21.3. The SMILES string of the molecule is CCOc1ccc(CNC(=NC)NC2CCC(C(=O)N3CCSCC3)CC2)cc1C. The number of aryl methyl sites for hydroxylation is 1. The summed E-state index contributed by atoms with van der Waals surface area (Å²) in [6.07, 6.45) is 3.97. The van der Waals surface area contributed by atoms with Crippen molar-refractivity contribution in [1.82, 2.24) is 15.5 Å². The van der Waals surface area contributed by atoms with E-state index in [1.165, 1.54) is 5.56 Å². The first kappa shape index (κ1) is 22.8. The van der Waals surface area contributed by atoms with E-state index < -0.39 is 0 Å². The zero-order valence-corrected chi connectivity index (χ0v) is 19.4. The Hall–Kier alpha value is -1.89. The number of aliphatic imine (C=N–C) groups is 1. The molecule has 1 saturated heterocycles. The van der Waals surface area contributed by atoms with Crippen LogP contribution in [-0.4, -0.2) is 61.1 Å². The van der Waals surface area contributed by atoms with Crippen LogP contribution < -0.4 is 15.4 Å². The van der Waals surface area contributed by atoms with Gasteiger partial charge in [0.1, 0.15) is 5.75 Å². The van der Waals surface area contributed by atoms with Gasteiger partial charge in [0.2, 0.25) is 5.91 Å². The van der Waals surface area contributed by atoms with E-state index in [0.717, 1.165) is 67.6 Å². The topological polar surface area (TPSA) is 66.0 Å². The Morgan fingerprint density at radius 3 is 2.60 bits per heavy atom. The molecule has 0 bridgehead atoms. The molecule has 1 aliphatic carbocycles. The van der Waals surface area contributed by atoms with E-state index in [-0.39, 0.29) is 5.92 Å². The van der Waals surface area contributed by atoms with Gasteiger partial charge in [-0.15, -0.1) is 0 Å². The zero-order valence-electron chi connectivity index (χ0n) is 18.6. The number of hydrogen-bond acceptors (Lipinski definition) is 4. The van der Waals surface area contributed by atoms with E-state index in [0.29, 0.717) is 25.1 Å². The van der Waals surface area contributed by atoms with Gasteiger partial charge in [-0.1, -0.05) is 12.1 Å². The number of amides is 1. The summed E-state index contributed by atoms with van der Waals surface area (Å²) in [6.45, 7) is 7.31. The predicted octanol–water partition coefficient (Wildman–Crippen LogP) is 3.19. The molecule has 1 saturated carbocycles. The smallest absolute Gasteiger partial charge is 0.225 e. The van der Waals surface area contributed by atoms with Crippen molar-refractivity contribution >= 4 is 23.6 Å². The van der Waals surface area contributed by atoms with Gasteiger partial charge in [0, 0.05) is 50.1 Å². The highest BCUT2D eigenvalue weighted by Crippen LogP contribution is 2.27. The average Bonchev–Trinajstić information content (AvgIpc) is 2.79. The lowest BCUT2D eigenvalue weighted by Crippen LogP contribution is -2.47. The fourth-order valence-electron chi connectivity index (χ4n) is 4.24. The second-order valence-corrected chi connectivity index (χ2v) is 9.31. The summed E-state index contributed by atoms with van der Waals surface area (Å²) in [7, 11) is 1.81. The fourth-order valence-corrected chi connectivity index (χ4v) is 5.14. The first-order valence-corrected chi connectivity index (χ1v) is 12.3. The van der Waals surface area contributed by atoms with Gasteiger partial charge in [0.15, 0.2) is 5.96 Å². The van der Waals surface area contributed by atoms with Crippen molar-refractivity contribution in [3.8, 4) is 5.75 Å². The van der Waals surface area contributed by atoms with Crippen molar-refractivity contribution in [3.63, 3.8) is 0 Å². The van der Waals surface area contributed by atoms with E-state index in [1.807, 2.05) is 31.8 Å². The quantitative estimate of drug-likeness (QED) is 0.534. The Labute approximate surface area is 185 Å². The molecule has 2 fully saturated rings. The Morgan fingerprint density at radius 2 is 1.97 bits per heavy atom. The molecule has 3 rings (SSSR count). The van der Waals surface area contributed by atoms with Gasteiger partial charge in [0.25, 0.3) is 0 Å². The van der Waals surface area contributed by atoms with Gasteiger partial charge in [0.05, 0.1) is 6.61 Å². The summed E-state index contributed by atoms with van der Waals surface area (Å²) in [4.78, 5) is 19.2. The molecule has 7 heteroatoms. The van der Waals surface area contributed by atoms with Crippen LogP contribution in [0.15, 0.2) is 23.2 Å². The molecular weight excluding hydrogens is 396 g/mol. The first-order chi connectivity index (χ1) is 14.6. The summed E-state index contributed by atoms with van der Waals surface area (Å²) < 4.78 is 5.62. The summed E-state index contributed by atoms with van der Waals surface area (Å²) >= 11 is 1.95. The summed E-state index contributed by atoms with van der Waals surface area (Å²) in [5, 5.41) is 6.97. The van der Waals surface area contributed by atoms with Crippen molar-refractivity contribution in [1.29, 1.82) is 0 Å². The second-order valence-electron chi connectivity index (χ2n) is 8.09. The third kappa shape index (κ3) is 6.30. The van der Waals surface area contributed by atoms with Crippen molar-refractivity contribution < 1.29 is 9.53 Å². The van der Waals surface area contributed by atoms with Crippen LogP contribution in [0.2, 0.25) is 0 Å². The average molecular weight is 433 g/mol. The number of benzene rings is 1. The molecule has 1 aliphatic heterocycles. The molecule has 0 spiro atoms. The number of carbonyl (C=O) groups excluding carboxylic acids is 1. The lowest BCUT2D eigenvalue weighted by Gasteiger charge is -2.34. The van der Waals surface area contributed by atoms with Crippen LogP contribution in [0.25, 0.3) is 0 Å². The van der Waals surface area contributed by atoms with Crippen LogP contribution >= 0.6 is 11.8 Å². The lowest BCUT2D eigenvalue weighted by atomic mass is 9.85. The van der Waals surface area contributed by atoms with Crippen molar-refractivity contribution in [2.45, 2.75) is 52.1 Å². The molecule has 0 unspecified atom stereocenters. The molecule has 0 radical (unpaired) electrons. The molecule has 1 aromatic rings. The third-order valence-electron chi connectivity index (χ3n) is 5.96. The number of guanidine groups is 1. The van der Waals surface area contributed by atoms with E-state index in [9.17, 15) is 4.79 Å². The minimum absolute atomic E-state index is 0.202. The van der Waals surface area contributed by atoms with Crippen LogP contribution in [0, 0.1) is 12.8 Å². The highest BCUT2D eigenvalue weighted by atomic mass is 32.2. The Bertz CT molecular complexity index is 726. The van der Waals surface area contributed by atoms with Gasteiger partial charge in [-0.05, 0) is 56.7 Å². The first-order valence-electron chi connectivity index (χ1n) is 11.2. The summed E-state index contributed by atoms with van der Waals surface area (Å²) in [5.74, 6) is 4.51. The molecule has 0 aromatic heterocycles. The molecule has 2 aliphatic rings. The minimum atomic E-state index is 0.202. The largest absolute Gasteiger partial charge is 0.494 e. The molecule has 6 nitrogen and oxygen atoms in total. The molecule has 2 N–H and O–H groups in total. The number of nitrogens with zero attached hydrogens (tertiary/aromatic N) is 2. The minimum Gasteiger partial charge on any atom is -0.494 e. The predicted molar refractivity (Wildman–Crippen MR) is 125 cm³/mol. The van der Waals surface area contributed by atoms with Crippen LogP contribution in [0.3, 0.4) is 0 Å². The van der Waals surface area contributed by atoms with Crippen molar-refractivity contribution in [2.75, 3.05) is 38.2 Å². The van der Waals surface area contributed by atoms with Crippen molar-refractivity contribution in [3.05, 3.63) is 29.3 Å². The van der Waals surface area contributed by atoms with Gasteiger partial charge >= 0.3 is 0 Å². The summed E-state index contributed by atoms with van der Waals surface area (Å²) in [5.41, 5.74) is 2.35. The Balaban J connectivity index is 1.43. The maximum absolute atomic E-state index is 12.7. The van der Waals surface area contributed by atoms with E-state index in [1.54, 1.807) is 0 Å². The van der Waals surface area contributed by atoms with Gasteiger partial charge in [-0.25, -0.2) is 0 Å². The maximum atomic E-state index is 12.7. The monoisotopic (exact) mass is 432 g/mol. The van der Waals surface area contributed by atoms with Crippen LogP contribution in [-0.2, 0) is 11.3 Å². The highest BCUT2D eigenvalue weighted by Gasteiger charge is 2.30. The normalized spacial score (nSPS) is 22.5. The van der Waals surface area contributed by atoms with E-state index in [4.69, 9.17) is 4.74 Å². The fraction of sp³-hybridized carbons (Fsp3) is 0.652. The van der Waals surface area contributed by atoms with Crippen molar-refractivity contribution in [2.24, 2.45) is 10.9 Å². The molecule has 1 aromatic carbocycles. The number of rotatable bonds is 6.